The van der Waals surface area contributed by atoms with Crippen LogP contribution in [0.4, 0.5) is 0 Å². The molecule has 0 spiro atoms. The van der Waals surface area contributed by atoms with E-state index in [0.717, 1.165) is 32.4 Å². The molecule has 0 aromatic rings. The summed E-state index contributed by atoms with van der Waals surface area (Å²) < 4.78 is 0. The Bertz CT molecular complexity index is 166. The first kappa shape index (κ1) is 11.9. The molecule has 14 heavy (non-hydrogen) atoms. The number of carbonyl (C=O) groups is 1. The van der Waals surface area contributed by atoms with Crippen molar-refractivity contribution in [1.29, 1.82) is 0 Å². The average Bonchev–Trinajstić information content (AvgIpc) is 2.31. The summed E-state index contributed by atoms with van der Waals surface area (Å²) in [6.45, 7) is 2.19. The maximum atomic E-state index is 11.2. The molecule has 1 saturated heterocycles. The van der Waals surface area contributed by atoms with E-state index in [1.165, 1.54) is 12.8 Å². The summed E-state index contributed by atoms with van der Waals surface area (Å²) in [5, 5.41) is 6.41. The summed E-state index contributed by atoms with van der Waals surface area (Å²) in [5.74, 6) is 0.361. The Kier molecular flexibility index (Phi) is 6.03. The second-order valence-electron chi connectivity index (χ2n) is 3.81. The first-order valence-electron chi connectivity index (χ1n) is 5.44. The number of nitrogens with one attached hydrogen (secondary N) is 2. The van der Waals surface area contributed by atoms with Gasteiger partial charge in [0.05, 0.1) is 5.75 Å². The molecule has 4 heteroatoms. The zero-order chi connectivity index (χ0) is 10.2. The molecule has 1 unspecified atom stereocenters. The molecule has 0 radical (unpaired) electrons. The molecular formula is C10H20N2OS. The Morgan fingerprint density at radius 3 is 2.79 bits per heavy atom. The van der Waals surface area contributed by atoms with Crippen LogP contribution in [0.3, 0.4) is 0 Å². The highest BCUT2D eigenvalue weighted by molar-refractivity contribution is 7.81. The Hall–Kier alpha value is -0.220. The van der Waals surface area contributed by atoms with Crippen LogP contribution in [0.5, 0.6) is 0 Å². The van der Waals surface area contributed by atoms with Crippen LogP contribution in [-0.4, -0.2) is 30.8 Å². The van der Waals surface area contributed by atoms with E-state index in [0.29, 0.717) is 11.8 Å². The van der Waals surface area contributed by atoms with Gasteiger partial charge in [0.1, 0.15) is 0 Å². The lowest BCUT2D eigenvalue weighted by Gasteiger charge is -2.16. The van der Waals surface area contributed by atoms with Crippen LogP contribution in [0.25, 0.3) is 0 Å². The summed E-state index contributed by atoms with van der Waals surface area (Å²) in [4.78, 5) is 11.2. The molecule has 1 atom stereocenters. The van der Waals surface area contributed by atoms with Gasteiger partial charge in [-0.05, 0) is 38.8 Å². The van der Waals surface area contributed by atoms with E-state index in [1.807, 2.05) is 0 Å². The van der Waals surface area contributed by atoms with Gasteiger partial charge in [-0.2, -0.15) is 12.6 Å². The lowest BCUT2D eigenvalue weighted by atomic mass is 10.1. The molecule has 0 aliphatic carbocycles. The third kappa shape index (κ3) is 4.86. The summed E-state index contributed by atoms with van der Waals surface area (Å²) in [6, 6.07) is 0.370. The average molecular weight is 216 g/mol. The molecule has 1 amide bonds. The van der Waals surface area contributed by atoms with Gasteiger partial charge in [0, 0.05) is 6.04 Å². The number of carbonyl (C=O) groups excluding carboxylic acids is 1. The van der Waals surface area contributed by atoms with Gasteiger partial charge in [-0.15, -0.1) is 0 Å². The van der Waals surface area contributed by atoms with E-state index in [1.54, 1.807) is 0 Å². The quantitative estimate of drug-likeness (QED) is 0.602. The normalized spacial score (nSPS) is 24.5. The van der Waals surface area contributed by atoms with Gasteiger partial charge in [-0.1, -0.05) is 6.42 Å². The second kappa shape index (κ2) is 7.12. The fourth-order valence-corrected chi connectivity index (χ4v) is 1.89. The minimum absolute atomic E-state index is 0.0607. The summed E-state index contributed by atoms with van der Waals surface area (Å²) in [6.07, 6.45) is 5.77. The molecule has 0 aromatic carbocycles. The van der Waals surface area contributed by atoms with Crippen molar-refractivity contribution in [3.8, 4) is 0 Å². The first-order chi connectivity index (χ1) is 6.83. The zero-order valence-electron chi connectivity index (χ0n) is 8.59. The van der Waals surface area contributed by atoms with Gasteiger partial charge < -0.3 is 10.6 Å². The number of hydrogen-bond donors (Lipinski definition) is 3. The smallest absolute Gasteiger partial charge is 0.229 e. The van der Waals surface area contributed by atoms with Crippen molar-refractivity contribution < 1.29 is 4.79 Å². The molecule has 1 rings (SSSR count). The van der Waals surface area contributed by atoms with E-state index >= 15 is 0 Å². The molecule has 3 nitrogen and oxygen atoms in total. The maximum Gasteiger partial charge on any atom is 0.229 e. The molecule has 2 N–H and O–H groups in total. The van der Waals surface area contributed by atoms with E-state index in [4.69, 9.17) is 0 Å². The highest BCUT2D eigenvalue weighted by atomic mass is 32.1. The Morgan fingerprint density at radius 1 is 1.29 bits per heavy atom. The predicted molar refractivity (Wildman–Crippen MR) is 61.7 cm³/mol. The van der Waals surface area contributed by atoms with E-state index in [-0.39, 0.29) is 5.91 Å². The Balaban J connectivity index is 2.28. The van der Waals surface area contributed by atoms with Crippen LogP contribution in [0.15, 0.2) is 0 Å². The van der Waals surface area contributed by atoms with Crippen molar-refractivity contribution in [1.82, 2.24) is 10.6 Å². The number of thiol groups is 1. The lowest BCUT2D eigenvalue weighted by molar-refractivity contribution is -0.119. The van der Waals surface area contributed by atoms with Gasteiger partial charge in [-0.25, -0.2) is 0 Å². The van der Waals surface area contributed by atoms with E-state index in [9.17, 15) is 4.79 Å². The molecule has 1 fully saturated rings. The minimum atomic E-state index is 0.0607. The second-order valence-corrected chi connectivity index (χ2v) is 4.13. The van der Waals surface area contributed by atoms with Crippen LogP contribution in [0.1, 0.15) is 32.1 Å². The molecule has 1 aliphatic heterocycles. The van der Waals surface area contributed by atoms with Gasteiger partial charge in [0.25, 0.3) is 0 Å². The number of amides is 1. The van der Waals surface area contributed by atoms with Crippen LogP contribution in [0, 0.1) is 0 Å². The van der Waals surface area contributed by atoms with E-state index < -0.39 is 0 Å². The fraction of sp³-hybridized carbons (Fsp3) is 0.900. The van der Waals surface area contributed by atoms with Crippen LogP contribution >= 0.6 is 12.6 Å². The van der Waals surface area contributed by atoms with Crippen LogP contribution in [0.2, 0.25) is 0 Å². The van der Waals surface area contributed by atoms with Gasteiger partial charge in [0.2, 0.25) is 5.91 Å². The Morgan fingerprint density at radius 2 is 2.00 bits per heavy atom. The largest absolute Gasteiger partial charge is 0.353 e. The van der Waals surface area contributed by atoms with Crippen molar-refractivity contribution in [3.05, 3.63) is 0 Å². The van der Waals surface area contributed by atoms with Gasteiger partial charge in [-0.3, -0.25) is 4.79 Å². The molecular weight excluding hydrogens is 196 g/mol. The fourth-order valence-electron chi connectivity index (χ4n) is 1.80. The van der Waals surface area contributed by atoms with Crippen molar-refractivity contribution in [3.63, 3.8) is 0 Å². The summed E-state index contributed by atoms with van der Waals surface area (Å²) in [7, 11) is 0. The summed E-state index contributed by atoms with van der Waals surface area (Å²) in [5.41, 5.74) is 0. The van der Waals surface area contributed by atoms with Gasteiger partial charge >= 0.3 is 0 Å². The Labute approximate surface area is 91.4 Å². The predicted octanol–water partition coefficient (Wildman–Crippen LogP) is 0.955. The molecule has 0 aromatic heterocycles. The van der Waals surface area contributed by atoms with Crippen molar-refractivity contribution in [2.75, 3.05) is 18.8 Å². The third-order valence-electron chi connectivity index (χ3n) is 2.57. The minimum Gasteiger partial charge on any atom is -0.353 e. The standard InChI is InChI=1S/C10H20N2OS/c13-10(8-14)12-9-4-1-2-6-11-7-3-5-9/h9,11,14H,1-8H2,(H,12,13). The molecule has 1 aliphatic rings. The molecule has 1 heterocycles. The topological polar surface area (TPSA) is 41.1 Å². The summed E-state index contributed by atoms with van der Waals surface area (Å²) >= 11 is 3.96. The molecule has 82 valence electrons. The molecule has 0 bridgehead atoms. The highest BCUT2D eigenvalue weighted by Crippen LogP contribution is 2.08. The van der Waals surface area contributed by atoms with Gasteiger partial charge in [0.15, 0.2) is 0 Å². The van der Waals surface area contributed by atoms with Crippen molar-refractivity contribution in [2.24, 2.45) is 0 Å². The molecule has 0 saturated carbocycles. The first-order valence-corrected chi connectivity index (χ1v) is 6.07. The number of rotatable bonds is 2. The lowest BCUT2D eigenvalue weighted by Crippen LogP contribution is -2.35. The van der Waals surface area contributed by atoms with Crippen LogP contribution < -0.4 is 10.6 Å². The van der Waals surface area contributed by atoms with Crippen molar-refractivity contribution >= 4 is 18.5 Å². The van der Waals surface area contributed by atoms with Crippen molar-refractivity contribution in [2.45, 2.75) is 38.1 Å². The highest BCUT2D eigenvalue weighted by Gasteiger charge is 2.11. The SMILES string of the molecule is O=C(CS)NC1CCCCNCCC1. The maximum absolute atomic E-state index is 11.2. The van der Waals surface area contributed by atoms with E-state index in [2.05, 4.69) is 23.3 Å². The monoisotopic (exact) mass is 216 g/mol. The zero-order valence-corrected chi connectivity index (χ0v) is 9.48. The number of hydrogen-bond acceptors (Lipinski definition) is 3. The van der Waals surface area contributed by atoms with Crippen LogP contribution in [-0.2, 0) is 4.79 Å². The third-order valence-corrected chi connectivity index (χ3v) is 2.86.